The first-order valence-corrected chi connectivity index (χ1v) is 6.64. The molecular weight excluding hydrogens is 250 g/mol. The first-order valence-electron chi connectivity index (χ1n) is 6.26. The highest BCUT2D eigenvalue weighted by Crippen LogP contribution is 2.19. The summed E-state index contributed by atoms with van der Waals surface area (Å²) in [6, 6.07) is 4.12. The summed E-state index contributed by atoms with van der Waals surface area (Å²) in [5.74, 6) is 0.820. The van der Waals surface area contributed by atoms with Crippen molar-refractivity contribution in [3.05, 3.63) is 22.8 Å². The molecule has 5 heteroatoms. The van der Waals surface area contributed by atoms with Gasteiger partial charge in [-0.05, 0) is 32.4 Å². The predicted octanol–water partition coefficient (Wildman–Crippen LogP) is 2.37. The van der Waals surface area contributed by atoms with Crippen molar-refractivity contribution in [1.29, 1.82) is 0 Å². The van der Waals surface area contributed by atoms with E-state index in [0.717, 1.165) is 24.5 Å². The number of rotatable bonds is 7. The summed E-state index contributed by atoms with van der Waals surface area (Å²) in [6.07, 6.45) is 0.765. The van der Waals surface area contributed by atoms with Crippen LogP contribution in [0.25, 0.3) is 0 Å². The first kappa shape index (κ1) is 15.2. The molecule has 0 atom stereocenters. The lowest BCUT2D eigenvalue weighted by molar-refractivity contribution is 0.183. The maximum absolute atomic E-state index is 8.92. The van der Waals surface area contributed by atoms with Gasteiger partial charge < -0.3 is 10.4 Å². The second-order valence-electron chi connectivity index (χ2n) is 4.52. The van der Waals surface area contributed by atoms with Crippen molar-refractivity contribution in [2.75, 3.05) is 25.5 Å². The summed E-state index contributed by atoms with van der Waals surface area (Å²) in [5, 5.41) is 12.6. The second-order valence-corrected chi connectivity index (χ2v) is 4.92. The van der Waals surface area contributed by atoms with Crippen molar-refractivity contribution in [1.82, 2.24) is 9.88 Å². The molecule has 0 bridgehead atoms. The number of hydrogen-bond donors (Lipinski definition) is 2. The highest BCUT2D eigenvalue weighted by molar-refractivity contribution is 6.31. The number of halogens is 1. The van der Waals surface area contributed by atoms with Gasteiger partial charge in [-0.2, -0.15) is 0 Å². The lowest BCUT2D eigenvalue weighted by Gasteiger charge is -2.26. The maximum atomic E-state index is 8.92. The minimum Gasteiger partial charge on any atom is -0.396 e. The molecule has 1 aromatic rings. The van der Waals surface area contributed by atoms with Gasteiger partial charge in [-0.1, -0.05) is 11.6 Å². The molecule has 0 saturated carbocycles. The highest BCUT2D eigenvalue weighted by atomic mass is 35.5. The van der Waals surface area contributed by atoms with E-state index in [1.807, 2.05) is 19.2 Å². The van der Waals surface area contributed by atoms with E-state index in [4.69, 9.17) is 16.7 Å². The fourth-order valence-electron chi connectivity index (χ4n) is 1.72. The van der Waals surface area contributed by atoms with Crippen LogP contribution in [0.4, 0.5) is 5.82 Å². The monoisotopic (exact) mass is 271 g/mol. The summed E-state index contributed by atoms with van der Waals surface area (Å²) in [5.41, 5.74) is 0.871. The van der Waals surface area contributed by atoms with Crippen LogP contribution in [0.15, 0.2) is 12.1 Å². The summed E-state index contributed by atoms with van der Waals surface area (Å²) in [7, 11) is 1.84. The van der Waals surface area contributed by atoms with E-state index in [-0.39, 0.29) is 6.61 Å². The van der Waals surface area contributed by atoms with Crippen LogP contribution in [0.2, 0.25) is 5.02 Å². The number of nitrogens with one attached hydrogen (secondary N) is 1. The Kier molecular flexibility index (Phi) is 6.39. The molecule has 2 N–H and O–H groups in total. The van der Waals surface area contributed by atoms with Gasteiger partial charge in [0.15, 0.2) is 0 Å². The van der Waals surface area contributed by atoms with Crippen molar-refractivity contribution in [3.63, 3.8) is 0 Å². The quantitative estimate of drug-likeness (QED) is 0.799. The summed E-state index contributed by atoms with van der Waals surface area (Å²) in [6.45, 7) is 6.02. The van der Waals surface area contributed by atoms with Crippen molar-refractivity contribution < 1.29 is 5.11 Å². The molecule has 0 fully saturated rings. The molecule has 0 unspecified atom stereocenters. The van der Waals surface area contributed by atoms with Crippen LogP contribution < -0.4 is 5.32 Å². The van der Waals surface area contributed by atoms with Crippen molar-refractivity contribution in [2.45, 2.75) is 32.9 Å². The van der Waals surface area contributed by atoms with Crippen molar-refractivity contribution in [2.24, 2.45) is 0 Å². The third kappa shape index (κ3) is 4.44. The lowest BCUT2D eigenvalue weighted by Crippen LogP contribution is -2.32. The molecule has 102 valence electrons. The second kappa shape index (κ2) is 7.56. The summed E-state index contributed by atoms with van der Waals surface area (Å²) < 4.78 is 0. The van der Waals surface area contributed by atoms with Gasteiger partial charge in [0, 0.05) is 32.8 Å². The molecule has 0 aromatic carbocycles. The van der Waals surface area contributed by atoms with Crippen LogP contribution >= 0.6 is 11.6 Å². The molecule has 1 heterocycles. The number of aromatic nitrogens is 1. The molecule has 1 rings (SSSR count). The van der Waals surface area contributed by atoms with Gasteiger partial charge in [0.1, 0.15) is 5.82 Å². The third-order valence-corrected chi connectivity index (χ3v) is 3.21. The Morgan fingerprint density at radius 2 is 2.17 bits per heavy atom. The molecule has 0 amide bonds. The Morgan fingerprint density at radius 1 is 1.44 bits per heavy atom. The summed E-state index contributed by atoms with van der Waals surface area (Å²) >= 11 is 6.17. The summed E-state index contributed by atoms with van der Waals surface area (Å²) in [4.78, 5) is 6.73. The molecule has 18 heavy (non-hydrogen) atoms. The SMILES string of the molecule is CNc1ccc(Cl)c(CN(CCCO)C(C)C)n1. The largest absolute Gasteiger partial charge is 0.396 e. The van der Waals surface area contributed by atoms with E-state index in [0.29, 0.717) is 17.6 Å². The molecule has 0 aliphatic heterocycles. The zero-order valence-electron chi connectivity index (χ0n) is 11.3. The number of anilines is 1. The standard InChI is InChI=1S/C13H22ClN3O/c1-10(2)17(7-4-8-18)9-12-11(14)5-6-13(15-3)16-12/h5-6,10,18H,4,7-9H2,1-3H3,(H,15,16). The van der Waals surface area contributed by atoms with E-state index >= 15 is 0 Å². The fourth-order valence-corrected chi connectivity index (χ4v) is 1.89. The van der Waals surface area contributed by atoms with Crippen LogP contribution in [-0.2, 0) is 6.54 Å². The third-order valence-electron chi connectivity index (χ3n) is 2.86. The lowest BCUT2D eigenvalue weighted by atomic mass is 10.2. The Labute approximate surface area is 114 Å². The minimum atomic E-state index is 0.209. The van der Waals surface area contributed by atoms with Crippen molar-refractivity contribution >= 4 is 17.4 Å². The molecule has 0 radical (unpaired) electrons. The zero-order valence-corrected chi connectivity index (χ0v) is 12.0. The molecule has 0 spiro atoms. The van der Waals surface area contributed by atoms with Gasteiger partial charge in [-0.3, -0.25) is 4.90 Å². The van der Waals surface area contributed by atoms with Crippen molar-refractivity contribution in [3.8, 4) is 0 Å². The van der Waals surface area contributed by atoms with Crippen LogP contribution in [0, 0.1) is 0 Å². The van der Waals surface area contributed by atoms with Gasteiger partial charge in [-0.25, -0.2) is 4.98 Å². The maximum Gasteiger partial charge on any atom is 0.126 e. The van der Waals surface area contributed by atoms with E-state index in [1.54, 1.807) is 0 Å². The van der Waals surface area contributed by atoms with Gasteiger partial charge in [0.2, 0.25) is 0 Å². The normalized spacial score (nSPS) is 11.3. The molecule has 0 aliphatic carbocycles. The minimum absolute atomic E-state index is 0.209. The Morgan fingerprint density at radius 3 is 2.72 bits per heavy atom. The van der Waals surface area contributed by atoms with E-state index in [1.165, 1.54) is 0 Å². The number of nitrogens with zero attached hydrogens (tertiary/aromatic N) is 2. The Balaban J connectivity index is 2.78. The molecule has 4 nitrogen and oxygen atoms in total. The highest BCUT2D eigenvalue weighted by Gasteiger charge is 2.13. The number of pyridine rings is 1. The van der Waals surface area contributed by atoms with Gasteiger partial charge in [-0.15, -0.1) is 0 Å². The Bertz CT molecular complexity index is 371. The van der Waals surface area contributed by atoms with Gasteiger partial charge in [0.05, 0.1) is 10.7 Å². The van der Waals surface area contributed by atoms with Crippen LogP contribution in [-0.4, -0.2) is 41.2 Å². The van der Waals surface area contributed by atoms with Crippen LogP contribution in [0.1, 0.15) is 26.0 Å². The van der Waals surface area contributed by atoms with Crippen LogP contribution in [0.3, 0.4) is 0 Å². The Hall–Kier alpha value is -0.840. The molecular formula is C13H22ClN3O. The number of aliphatic hydroxyl groups is 1. The predicted molar refractivity (Wildman–Crippen MR) is 76.0 cm³/mol. The average molecular weight is 272 g/mol. The van der Waals surface area contributed by atoms with Crippen LogP contribution in [0.5, 0.6) is 0 Å². The first-order chi connectivity index (χ1) is 8.58. The van der Waals surface area contributed by atoms with E-state index < -0.39 is 0 Å². The number of aliphatic hydroxyl groups excluding tert-OH is 1. The average Bonchev–Trinajstić information content (AvgIpc) is 2.36. The fraction of sp³-hybridized carbons (Fsp3) is 0.615. The molecule has 0 aliphatic rings. The zero-order chi connectivity index (χ0) is 13.5. The van der Waals surface area contributed by atoms with E-state index in [2.05, 4.69) is 29.0 Å². The van der Waals surface area contributed by atoms with Gasteiger partial charge >= 0.3 is 0 Å². The van der Waals surface area contributed by atoms with Gasteiger partial charge in [0.25, 0.3) is 0 Å². The number of hydrogen-bond acceptors (Lipinski definition) is 4. The topological polar surface area (TPSA) is 48.4 Å². The van der Waals surface area contributed by atoms with E-state index in [9.17, 15) is 0 Å². The molecule has 0 saturated heterocycles. The smallest absolute Gasteiger partial charge is 0.126 e. The molecule has 1 aromatic heterocycles.